The fraction of sp³-hybridized carbons (Fsp3) is 0.235. The van der Waals surface area contributed by atoms with E-state index < -0.39 is 4.92 Å². The van der Waals surface area contributed by atoms with Crippen LogP contribution in [0.1, 0.15) is 23.5 Å². The van der Waals surface area contributed by atoms with Gasteiger partial charge in [0.15, 0.2) is 0 Å². The van der Waals surface area contributed by atoms with Gasteiger partial charge in [-0.2, -0.15) is 0 Å². The molecule has 5 nitrogen and oxygen atoms in total. The molecule has 3 rings (SSSR count). The van der Waals surface area contributed by atoms with Crippen LogP contribution in [0.25, 0.3) is 0 Å². The normalized spacial score (nSPS) is 19.2. The van der Waals surface area contributed by atoms with Gasteiger partial charge in [0.2, 0.25) is 5.91 Å². The van der Waals surface area contributed by atoms with Gasteiger partial charge >= 0.3 is 0 Å². The van der Waals surface area contributed by atoms with Crippen molar-refractivity contribution >= 4 is 28.9 Å². The highest BCUT2D eigenvalue weighted by molar-refractivity contribution is 6.31. The predicted molar refractivity (Wildman–Crippen MR) is 88.8 cm³/mol. The molecule has 6 heteroatoms. The van der Waals surface area contributed by atoms with Crippen molar-refractivity contribution < 1.29 is 9.72 Å². The summed E-state index contributed by atoms with van der Waals surface area (Å²) in [7, 11) is 0. The Bertz CT molecular complexity index is 791. The van der Waals surface area contributed by atoms with Crippen molar-refractivity contribution in [3.63, 3.8) is 0 Å². The average molecular weight is 331 g/mol. The summed E-state index contributed by atoms with van der Waals surface area (Å²) in [5.41, 5.74) is 1.92. The maximum absolute atomic E-state index is 12.4. The largest absolute Gasteiger partial charge is 0.325 e. The fourth-order valence-electron chi connectivity index (χ4n) is 2.79. The van der Waals surface area contributed by atoms with Crippen molar-refractivity contribution in [1.82, 2.24) is 0 Å². The molecule has 2 atom stereocenters. The zero-order valence-corrected chi connectivity index (χ0v) is 13.2. The second-order valence-electron chi connectivity index (χ2n) is 5.67. The number of nitro benzene ring substituents is 1. The Morgan fingerprint density at radius 1 is 1.26 bits per heavy atom. The first-order valence-corrected chi connectivity index (χ1v) is 7.66. The van der Waals surface area contributed by atoms with Crippen molar-refractivity contribution in [3.8, 4) is 0 Å². The summed E-state index contributed by atoms with van der Waals surface area (Å²) in [4.78, 5) is 22.9. The fourth-order valence-corrected chi connectivity index (χ4v) is 3.06. The molecule has 0 aliphatic heterocycles. The van der Waals surface area contributed by atoms with Gasteiger partial charge < -0.3 is 5.32 Å². The zero-order chi connectivity index (χ0) is 16.6. The van der Waals surface area contributed by atoms with Gasteiger partial charge in [-0.25, -0.2) is 0 Å². The minimum atomic E-state index is -0.450. The van der Waals surface area contributed by atoms with Crippen LogP contribution in [0.15, 0.2) is 42.5 Å². The lowest BCUT2D eigenvalue weighted by Crippen LogP contribution is -2.15. The second-order valence-corrected chi connectivity index (χ2v) is 6.07. The summed E-state index contributed by atoms with van der Waals surface area (Å²) in [6.07, 6.45) is 0.740. The van der Waals surface area contributed by atoms with E-state index in [9.17, 15) is 14.9 Å². The third-order valence-electron chi connectivity index (χ3n) is 4.19. The number of carbonyl (C=O) groups excluding carboxylic acids is 1. The summed E-state index contributed by atoms with van der Waals surface area (Å²) >= 11 is 6.16. The number of benzene rings is 2. The molecular weight excluding hydrogens is 316 g/mol. The molecule has 1 aliphatic rings. The first-order chi connectivity index (χ1) is 11.0. The van der Waals surface area contributed by atoms with Crippen LogP contribution < -0.4 is 5.32 Å². The van der Waals surface area contributed by atoms with E-state index in [1.165, 1.54) is 6.07 Å². The lowest BCUT2D eigenvalue weighted by Gasteiger charge is -2.09. The van der Waals surface area contributed by atoms with E-state index in [2.05, 4.69) is 5.32 Å². The van der Waals surface area contributed by atoms with Crippen LogP contribution in [-0.4, -0.2) is 10.8 Å². The number of carbonyl (C=O) groups is 1. The standard InChI is InChI=1S/C17H15ClN2O3/c1-10-15(7-4-8-16(10)20(22)23)19-17(21)13-9-12(13)11-5-2-3-6-14(11)18/h2-8,12-13H,9H2,1H3,(H,19,21). The van der Waals surface area contributed by atoms with E-state index in [4.69, 9.17) is 11.6 Å². The number of amides is 1. The number of hydrogen-bond acceptors (Lipinski definition) is 3. The van der Waals surface area contributed by atoms with E-state index >= 15 is 0 Å². The van der Waals surface area contributed by atoms with Gasteiger partial charge in [0.05, 0.1) is 16.2 Å². The van der Waals surface area contributed by atoms with Crippen LogP contribution in [0.4, 0.5) is 11.4 Å². The number of nitrogens with zero attached hydrogens (tertiary/aromatic N) is 1. The predicted octanol–water partition coefficient (Wildman–Crippen LogP) is 4.30. The Morgan fingerprint density at radius 2 is 2.00 bits per heavy atom. The number of halogens is 1. The van der Waals surface area contributed by atoms with E-state index in [1.807, 2.05) is 24.3 Å². The Kier molecular flexibility index (Phi) is 4.05. The van der Waals surface area contributed by atoms with Crippen molar-refractivity contribution in [1.29, 1.82) is 0 Å². The number of rotatable bonds is 4. The SMILES string of the molecule is Cc1c(NC(=O)C2CC2c2ccccc2Cl)cccc1[N+](=O)[O-]. The highest BCUT2D eigenvalue weighted by Crippen LogP contribution is 2.50. The minimum absolute atomic E-state index is 0.00116. The molecule has 23 heavy (non-hydrogen) atoms. The highest BCUT2D eigenvalue weighted by atomic mass is 35.5. The van der Waals surface area contributed by atoms with Gasteiger partial charge in [0.1, 0.15) is 0 Å². The van der Waals surface area contributed by atoms with Crippen molar-refractivity contribution in [2.24, 2.45) is 5.92 Å². The maximum Gasteiger partial charge on any atom is 0.274 e. The molecular formula is C17H15ClN2O3. The summed E-state index contributed by atoms with van der Waals surface area (Å²) in [6.45, 7) is 1.63. The third-order valence-corrected chi connectivity index (χ3v) is 4.54. The molecule has 2 unspecified atom stereocenters. The first-order valence-electron chi connectivity index (χ1n) is 7.28. The lowest BCUT2D eigenvalue weighted by atomic mass is 10.1. The van der Waals surface area contributed by atoms with Crippen LogP contribution >= 0.6 is 11.6 Å². The molecule has 1 aliphatic carbocycles. The molecule has 2 aromatic carbocycles. The molecule has 2 aromatic rings. The van der Waals surface area contributed by atoms with Gasteiger partial charge in [0, 0.05) is 17.0 Å². The van der Waals surface area contributed by atoms with Gasteiger partial charge in [-0.15, -0.1) is 0 Å². The Labute approximate surface area is 138 Å². The first kappa shape index (κ1) is 15.5. The molecule has 0 spiro atoms. The lowest BCUT2D eigenvalue weighted by molar-refractivity contribution is -0.385. The van der Waals surface area contributed by atoms with Crippen LogP contribution in [0.3, 0.4) is 0 Å². The summed E-state index contributed by atoms with van der Waals surface area (Å²) in [5, 5.41) is 14.4. The van der Waals surface area contributed by atoms with Gasteiger partial charge in [-0.05, 0) is 37.0 Å². The van der Waals surface area contributed by atoms with Crippen molar-refractivity contribution in [2.75, 3.05) is 5.32 Å². The molecule has 0 saturated heterocycles. The van der Waals surface area contributed by atoms with Gasteiger partial charge in [-0.1, -0.05) is 35.9 Å². The molecule has 118 valence electrons. The molecule has 0 aromatic heterocycles. The molecule has 0 bridgehead atoms. The Morgan fingerprint density at radius 3 is 2.70 bits per heavy atom. The number of anilines is 1. The number of nitrogens with one attached hydrogen (secondary N) is 1. The molecule has 0 heterocycles. The van der Waals surface area contributed by atoms with Crippen LogP contribution in [-0.2, 0) is 4.79 Å². The minimum Gasteiger partial charge on any atom is -0.325 e. The van der Waals surface area contributed by atoms with Crippen molar-refractivity contribution in [2.45, 2.75) is 19.3 Å². The summed E-state index contributed by atoms with van der Waals surface area (Å²) in [6, 6.07) is 12.2. The van der Waals surface area contributed by atoms with E-state index in [0.717, 1.165) is 12.0 Å². The van der Waals surface area contributed by atoms with E-state index in [1.54, 1.807) is 19.1 Å². The smallest absolute Gasteiger partial charge is 0.274 e. The summed E-state index contributed by atoms with van der Waals surface area (Å²) in [5.74, 6) is -0.158. The van der Waals surface area contributed by atoms with Crippen LogP contribution in [0.2, 0.25) is 5.02 Å². The topological polar surface area (TPSA) is 72.2 Å². The van der Waals surface area contributed by atoms with Gasteiger partial charge in [-0.3, -0.25) is 14.9 Å². The van der Waals surface area contributed by atoms with Gasteiger partial charge in [0.25, 0.3) is 5.69 Å². The number of nitro groups is 1. The monoisotopic (exact) mass is 330 g/mol. The average Bonchev–Trinajstić information content (AvgIpc) is 3.30. The van der Waals surface area contributed by atoms with Crippen molar-refractivity contribution in [3.05, 3.63) is 68.7 Å². The summed E-state index contributed by atoms with van der Waals surface area (Å²) < 4.78 is 0. The molecule has 1 amide bonds. The second kappa shape index (κ2) is 6.01. The van der Waals surface area contributed by atoms with Crippen LogP contribution in [0, 0.1) is 23.0 Å². The third kappa shape index (κ3) is 3.05. The zero-order valence-electron chi connectivity index (χ0n) is 12.5. The Balaban J connectivity index is 1.74. The van der Waals surface area contributed by atoms with E-state index in [-0.39, 0.29) is 23.4 Å². The highest BCUT2D eigenvalue weighted by Gasteiger charge is 2.44. The quantitative estimate of drug-likeness (QED) is 0.671. The maximum atomic E-state index is 12.4. The Hall–Kier alpha value is -2.40. The van der Waals surface area contributed by atoms with Crippen LogP contribution in [0.5, 0.6) is 0 Å². The molecule has 1 saturated carbocycles. The molecule has 0 radical (unpaired) electrons. The molecule has 1 N–H and O–H groups in total. The van der Waals surface area contributed by atoms with E-state index in [0.29, 0.717) is 16.3 Å². The molecule has 1 fully saturated rings. The number of hydrogen-bond donors (Lipinski definition) is 1.